The van der Waals surface area contributed by atoms with E-state index < -0.39 is 8.32 Å². The van der Waals surface area contributed by atoms with Crippen molar-refractivity contribution in [3.05, 3.63) is 116 Å². The van der Waals surface area contributed by atoms with Crippen molar-refractivity contribution in [2.75, 3.05) is 6.61 Å². The van der Waals surface area contributed by atoms with Crippen molar-refractivity contribution in [3.63, 3.8) is 0 Å². The summed E-state index contributed by atoms with van der Waals surface area (Å²) in [5.74, 6) is 0. The molecule has 0 bridgehead atoms. The number of hydrogen-bond acceptors (Lipinski definition) is 1. The molecule has 28 heavy (non-hydrogen) atoms. The molecular weight excluding hydrogens is 356 g/mol. The summed E-state index contributed by atoms with van der Waals surface area (Å²) in [5.41, 5.74) is 0. The van der Waals surface area contributed by atoms with Crippen LogP contribution in [0.5, 0.6) is 0 Å². The highest BCUT2D eigenvalue weighted by Gasteiger charge is 2.41. The van der Waals surface area contributed by atoms with E-state index in [1.54, 1.807) is 0 Å². The van der Waals surface area contributed by atoms with Crippen LogP contribution in [0.2, 0.25) is 0 Å². The lowest BCUT2D eigenvalue weighted by Crippen LogP contribution is -2.69. The summed E-state index contributed by atoms with van der Waals surface area (Å²) < 4.78 is 6.86. The van der Waals surface area contributed by atoms with Crippen LogP contribution >= 0.6 is 0 Å². The summed E-state index contributed by atoms with van der Waals surface area (Å²) in [5, 5.41) is 3.84. The van der Waals surface area contributed by atoms with Gasteiger partial charge < -0.3 is 4.43 Å². The third kappa shape index (κ3) is 4.77. The molecule has 0 amide bonds. The van der Waals surface area contributed by atoms with E-state index in [-0.39, 0.29) is 0 Å². The minimum atomic E-state index is -2.55. The second-order valence-electron chi connectivity index (χ2n) is 6.75. The van der Waals surface area contributed by atoms with Gasteiger partial charge in [-0.05, 0) is 34.8 Å². The average Bonchev–Trinajstić information content (AvgIpc) is 2.78. The van der Waals surface area contributed by atoms with Crippen molar-refractivity contribution in [1.82, 2.24) is 0 Å². The fraction of sp³-hybridized carbons (Fsp3) is 0.154. The molecule has 0 saturated heterocycles. The van der Waals surface area contributed by atoms with E-state index in [1.807, 2.05) is 6.08 Å². The van der Waals surface area contributed by atoms with Gasteiger partial charge in [-0.25, -0.2) is 0 Å². The van der Waals surface area contributed by atoms with Crippen LogP contribution in [0, 0.1) is 0 Å². The zero-order chi connectivity index (χ0) is 19.5. The molecule has 0 aliphatic carbocycles. The van der Waals surface area contributed by atoms with Gasteiger partial charge in [0.1, 0.15) is 0 Å². The first-order valence-corrected chi connectivity index (χ1v) is 11.8. The second-order valence-corrected chi connectivity index (χ2v) is 10.1. The third-order valence-corrected chi connectivity index (χ3v) is 8.92. The fourth-order valence-corrected chi connectivity index (χ4v) is 7.41. The Bertz CT molecular complexity index is 760. The Morgan fingerprint density at radius 3 is 1.46 bits per heavy atom. The van der Waals surface area contributed by atoms with Crippen LogP contribution in [0.25, 0.3) is 0 Å². The van der Waals surface area contributed by atoms with Crippen LogP contribution in [0.1, 0.15) is 19.3 Å². The van der Waals surface area contributed by atoms with Crippen LogP contribution in [0.15, 0.2) is 116 Å². The maximum atomic E-state index is 6.86. The molecule has 0 saturated carbocycles. The van der Waals surface area contributed by atoms with Gasteiger partial charge in [0, 0.05) is 6.61 Å². The molecule has 0 spiro atoms. The van der Waals surface area contributed by atoms with Gasteiger partial charge >= 0.3 is 0 Å². The lowest BCUT2D eigenvalue weighted by atomic mass is 10.3. The summed E-state index contributed by atoms with van der Waals surface area (Å²) in [6.45, 7) is 4.48. The van der Waals surface area contributed by atoms with Gasteiger partial charge in [0.15, 0.2) is 0 Å². The zero-order valence-electron chi connectivity index (χ0n) is 16.3. The van der Waals surface area contributed by atoms with Crippen LogP contribution in [-0.2, 0) is 4.43 Å². The van der Waals surface area contributed by atoms with E-state index in [0.29, 0.717) is 6.61 Å². The van der Waals surface area contributed by atoms with Crippen LogP contribution < -0.4 is 15.6 Å². The lowest BCUT2D eigenvalue weighted by molar-refractivity contribution is 0.331. The van der Waals surface area contributed by atoms with Gasteiger partial charge in [-0.1, -0.05) is 109 Å². The van der Waals surface area contributed by atoms with Crippen molar-refractivity contribution in [3.8, 4) is 0 Å². The molecule has 0 aliphatic heterocycles. The quantitative estimate of drug-likeness (QED) is 0.215. The van der Waals surface area contributed by atoms with Crippen molar-refractivity contribution in [2.45, 2.75) is 19.3 Å². The van der Waals surface area contributed by atoms with Crippen LogP contribution in [-0.4, -0.2) is 14.9 Å². The number of rotatable bonds is 10. The molecule has 0 unspecified atom stereocenters. The SMILES string of the molecule is C=CCC/C=C/CCO[Si](c1ccccc1)(c1ccccc1)c1ccccc1. The highest BCUT2D eigenvalue weighted by molar-refractivity contribution is 7.07. The largest absolute Gasteiger partial charge is 0.404 e. The smallest absolute Gasteiger partial charge is 0.288 e. The van der Waals surface area contributed by atoms with E-state index in [2.05, 4.69) is 110 Å². The van der Waals surface area contributed by atoms with Crippen molar-refractivity contribution < 1.29 is 4.43 Å². The Balaban J connectivity index is 1.97. The first kappa shape index (κ1) is 20.1. The van der Waals surface area contributed by atoms with Crippen LogP contribution in [0.4, 0.5) is 0 Å². The van der Waals surface area contributed by atoms with Crippen LogP contribution in [0.3, 0.4) is 0 Å². The topological polar surface area (TPSA) is 9.23 Å². The molecule has 0 heterocycles. The monoisotopic (exact) mass is 384 g/mol. The molecule has 0 aliphatic rings. The van der Waals surface area contributed by atoms with E-state index in [1.165, 1.54) is 15.6 Å². The standard InChI is InChI=1S/C26H28OSi/c1-2-3-4-5-6-16-23-27-28(24-17-10-7-11-18-24,25-19-12-8-13-20-25)26-21-14-9-15-22-26/h2,5-15,17-22H,1,3-4,16,23H2/b6-5+. The summed E-state index contributed by atoms with van der Waals surface area (Å²) >= 11 is 0. The molecule has 0 aromatic heterocycles. The van der Waals surface area contributed by atoms with E-state index in [4.69, 9.17) is 4.43 Å². The molecule has 0 fully saturated rings. The number of hydrogen-bond donors (Lipinski definition) is 0. The minimum Gasteiger partial charge on any atom is -0.404 e. The zero-order valence-corrected chi connectivity index (χ0v) is 17.3. The van der Waals surface area contributed by atoms with Crippen molar-refractivity contribution >= 4 is 23.9 Å². The highest BCUT2D eigenvalue weighted by atomic mass is 28.4. The summed E-state index contributed by atoms with van der Waals surface area (Å²) in [7, 11) is -2.55. The van der Waals surface area contributed by atoms with Gasteiger partial charge in [-0.3, -0.25) is 0 Å². The Hall–Kier alpha value is -2.68. The van der Waals surface area contributed by atoms with Gasteiger partial charge in [0.05, 0.1) is 0 Å². The molecule has 142 valence electrons. The first-order valence-electron chi connectivity index (χ1n) is 9.94. The molecule has 1 nitrogen and oxygen atoms in total. The maximum Gasteiger partial charge on any atom is 0.288 e. The molecule has 3 aromatic rings. The molecule has 3 aromatic carbocycles. The summed E-state index contributed by atoms with van der Waals surface area (Å²) in [4.78, 5) is 0. The van der Waals surface area contributed by atoms with E-state index in [0.717, 1.165) is 19.3 Å². The fourth-order valence-electron chi connectivity index (χ4n) is 3.50. The number of benzene rings is 3. The predicted octanol–water partition coefficient (Wildman–Crippen LogP) is 4.58. The molecule has 3 rings (SSSR count). The normalized spacial score (nSPS) is 11.6. The van der Waals surface area contributed by atoms with Gasteiger partial charge in [0.2, 0.25) is 0 Å². The number of unbranched alkanes of at least 4 members (excludes halogenated alkanes) is 1. The summed E-state index contributed by atoms with van der Waals surface area (Å²) in [6, 6.07) is 32.2. The number of allylic oxidation sites excluding steroid dienone is 2. The third-order valence-electron chi connectivity index (χ3n) is 4.85. The van der Waals surface area contributed by atoms with Crippen molar-refractivity contribution in [1.29, 1.82) is 0 Å². The summed E-state index contributed by atoms with van der Waals surface area (Å²) in [6.07, 6.45) is 9.39. The Morgan fingerprint density at radius 1 is 0.607 bits per heavy atom. The minimum absolute atomic E-state index is 0.704. The average molecular weight is 385 g/mol. The van der Waals surface area contributed by atoms with E-state index >= 15 is 0 Å². The second kappa shape index (κ2) is 10.6. The van der Waals surface area contributed by atoms with Gasteiger partial charge in [0.25, 0.3) is 8.32 Å². The predicted molar refractivity (Wildman–Crippen MR) is 123 cm³/mol. The molecular formula is C26H28OSi. The lowest BCUT2D eigenvalue weighted by Gasteiger charge is -2.33. The van der Waals surface area contributed by atoms with Gasteiger partial charge in [-0.2, -0.15) is 0 Å². The van der Waals surface area contributed by atoms with Crippen molar-refractivity contribution in [2.24, 2.45) is 0 Å². The molecule has 2 heteroatoms. The maximum absolute atomic E-state index is 6.86. The van der Waals surface area contributed by atoms with E-state index in [9.17, 15) is 0 Å². The molecule has 0 radical (unpaired) electrons. The molecule has 0 N–H and O–H groups in total. The first-order chi connectivity index (χ1) is 13.9. The Kier molecular flexibility index (Phi) is 7.59. The Morgan fingerprint density at radius 2 is 1.04 bits per heavy atom. The molecule has 0 atom stereocenters. The van der Waals surface area contributed by atoms with Gasteiger partial charge in [-0.15, -0.1) is 6.58 Å². The highest BCUT2D eigenvalue weighted by Crippen LogP contribution is 2.10. The Labute approximate surface area is 170 Å².